The third-order valence-corrected chi connectivity index (χ3v) is 7.26. The number of nitrogens with one attached hydrogen (secondary N) is 1. The van der Waals surface area contributed by atoms with Gasteiger partial charge in [0.05, 0.1) is 43.5 Å². The molecule has 0 saturated heterocycles. The maximum Gasteiger partial charge on any atom is 0.237 e. The zero-order valence-electron chi connectivity index (χ0n) is 22.4. The van der Waals surface area contributed by atoms with Crippen LogP contribution in [0, 0.1) is 18.3 Å². The van der Waals surface area contributed by atoms with E-state index in [1.54, 1.807) is 39.3 Å². The van der Waals surface area contributed by atoms with Crippen molar-refractivity contribution in [2.75, 3.05) is 26.6 Å². The first-order valence-electron chi connectivity index (χ1n) is 12.2. The lowest BCUT2D eigenvalue weighted by Crippen LogP contribution is -2.23. The minimum Gasteiger partial charge on any atom is -0.497 e. The summed E-state index contributed by atoms with van der Waals surface area (Å²) >= 11 is 1.24. The fourth-order valence-electron chi connectivity index (χ4n) is 3.94. The summed E-state index contributed by atoms with van der Waals surface area (Å²) in [5.41, 5.74) is 5.28. The van der Waals surface area contributed by atoms with Crippen LogP contribution in [-0.4, -0.2) is 37.5 Å². The number of amides is 1. The van der Waals surface area contributed by atoms with E-state index in [0.717, 1.165) is 28.0 Å². The molecule has 1 atom stereocenters. The van der Waals surface area contributed by atoms with E-state index in [4.69, 9.17) is 19.2 Å². The highest BCUT2D eigenvalue weighted by atomic mass is 32.2. The van der Waals surface area contributed by atoms with Gasteiger partial charge in [-0.15, -0.1) is 0 Å². The summed E-state index contributed by atoms with van der Waals surface area (Å²) in [6.07, 6.45) is 0. The number of ether oxygens (including phenoxy) is 3. The molecule has 198 valence electrons. The molecule has 4 rings (SSSR count). The standard InChI is InChI=1S/C31H29N3O4S/c1-19-6-8-21(9-7-19)25-17-28(22-10-12-23(36-3)13-11-22)34-31(26(25)18-32)39-20(2)30(35)33-27-15-14-24(37-4)16-29(27)38-5/h6-17,20H,1-5H3,(H,33,35). The number of anilines is 1. The first-order chi connectivity index (χ1) is 18.9. The van der Waals surface area contributed by atoms with E-state index in [2.05, 4.69) is 11.4 Å². The van der Waals surface area contributed by atoms with E-state index in [-0.39, 0.29) is 5.91 Å². The zero-order chi connectivity index (χ0) is 27.9. The van der Waals surface area contributed by atoms with E-state index in [1.165, 1.54) is 18.9 Å². The molecule has 0 fully saturated rings. The smallest absolute Gasteiger partial charge is 0.237 e. The Labute approximate surface area is 232 Å². The second-order valence-electron chi connectivity index (χ2n) is 8.76. The highest BCUT2D eigenvalue weighted by Crippen LogP contribution is 2.37. The van der Waals surface area contributed by atoms with Crippen molar-refractivity contribution in [1.82, 2.24) is 4.98 Å². The van der Waals surface area contributed by atoms with Crippen LogP contribution < -0.4 is 19.5 Å². The molecule has 8 heteroatoms. The van der Waals surface area contributed by atoms with Crippen molar-refractivity contribution in [2.45, 2.75) is 24.1 Å². The predicted octanol–water partition coefficient (Wildman–Crippen LogP) is 6.74. The lowest BCUT2D eigenvalue weighted by molar-refractivity contribution is -0.115. The molecule has 0 spiro atoms. The number of thioether (sulfide) groups is 1. The lowest BCUT2D eigenvalue weighted by atomic mass is 9.98. The van der Waals surface area contributed by atoms with Crippen LogP contribution in [0.25, 0.3) is 22.4 Å². The predicted molar refractivity (Wildman–Crippen MR) is 155 cm³/mol. The van der Waals surface area contributed by atoms with Crippen molar-refractivity contribution in [3.63, 3.8) is 0 Å². The van der Waals surface area contributed by atoms with Gasteiger partial charge in [-0.2, -0.15) is 5.26 Å². The van der Waals surface area contributed by atoms with E-state index in [1.807, 2.05) is 61.5 Å². The third kappa shape index (κ3) is 6.33. The molecule has 1 unspecified atom stereocenters. The Balaban J connectivity index is 1.71. The Hall–Kier alpha value is -4.48. The minimum absolute atomic E-state index is 0.249. The van der Waals surface area contributed by atoms with Crippen molar-refractivity contribution < 1.29 is 19.0 Å². The van der Waals surface area contributed by atoms with E-state index in [0.29, 0.717) is 33.5 Å². The van der Waals surface area contributed by atoms with Gasteiger partial charge in [0, 0.05) is 17.2 Å². The number of aryl methyl sites for hydroxylation is 1. The zero-order valence-corrected chi connectivity index (χ0v) is 23.3. The number of benzene rings is 3. The summed E-state index contributed by atoms with van der Waals surface area (Å²) in [5, 5.41) is 13.0. The van der Waals surface area contributed by atoms with Gasteiger partial charge >= 0.3 is 0 Å². The van der Waals surface area contributed by atoms with Crippen LogP contribution >= 0.6 is 11.8 Å². The largest absolute Gasteiger partial charge is 0.497 e. The van der Waals surface area contributed by atoms with Crippen LogP contribution in [0.1, 0.15) is 18.1 Å². The number of nitriles is 1. The number of carbonyl (C=O) groups excluding carboxylic acids is 1. The van der Waals surface area contributed by atoms with Crippen molar-refractivity contribution in [3.05, 3.63) is 83.9 Å². The van der Waals surface area contributed by atoms with E-state index < -0.39 is 5.25 Å². The number of hydrogen-bond donors (Lipinski definition) is 1. The summed E-state index contributed by atoms with van der Waals surface area (Å²) in [5.74, 6) is 1.59. The second-order valence-corrected chi connectivity index (χ2v) is 10.1. The molecule has 3 aromatic carbocycles. The molecular weight excluding hydrogens is 510 g/mol. The highest BCUT2D eigenvalue weighted by molar-refractivity contribution is 8.00. The van der Waals surface area contributed by atoms with Crippen LogP contribution in [0.5, 0.6) is 17.2 Å². The van der Waals surface area contributed by atoms with Crippen LogP contribution in [0.15, 0.2) is 77.8 Å². The lowest BCUT2D eigenvalue weighted by Gasteiger charge is -2.17. The minimum atomic E-state index is -0.562. The molecule has 0 aliphatic carbocycles. The number of methoxy groups -OCH3 is 3. The normalized spacial score (nSPS) is 11.3. The quantitative estimate of drug-likeness (QED) is 0.235. The number of rotatable bonds is 9. The van der Waals surface area contributed by atoms with Gasteiger partial charge in [0.15, 0.2) is 0 Å². The maximum atomic E-state index is 13.2. The van der Waals surface area contributed by atoms with Crippen LogP contribution in [0.3, 0.4) is 0 Å². The van der Waals surface area contributed by atoms with Crippen molar-refractivity contribution in [3.8, 4) is 45.7 Å². The SMILES string of the molecule is COc1ccc(-c2cc(-c3ccc(C)cc3)c(C#N)c(SC(C)C(=O)Nc3ccc(OC)cc3OC)n2)cc1. The third-order valence-electron chi connectivity index (χ3n) is 6.17. The first kappa shape index (κ1) is 27.6. The molecule has 1 aromatic heterocycles. The molecule has 1 heterocycles. The Morgan fingerprint density at radius 3 is 2.15 bits per heavy atom. The molecule has 1 amide bonds. The van der Waals surface area contributed by atoms with Crippen LogP contribution in [-0.2, 0) is 4.79 Å². The molecule has 4 aromatic rings. The fraction of sp³-hybridized carbons (Fsp3) is 0.194. The Bertz CT molecular complexity index is 1510. The fourth-order valence-corrected chi connectivity index (χ4v) is 4.87. The molecule has 1 N–H and O–H groups in total. The number of hydrogen-bond acceptors (Lipinski definition) is 7. The first-order valence-corrected chi connectivity index (χ1v) is 13.1. The Kier molecular flexibility index (Phi) is 8.74. The molecule has 0 saturated carbocycles. The molecule has 7 nitrogen and oxygen atoms in total. The molecule has 39 heavy (non-hydrogen) atoms. The van der Waals surface area contributed by atoms with Gasteiger partial charge in [0.25, 0.3) is 0 Å². The summed E-state index contributed by atoms with van der Waals surface area (Å²) < 4.78 is 16.0. The van der Waals surface area contributed by atoms with Crippen molar-refractivity contribution in [2.24, 2.45) is 0 Å². The van der Waals surface area contributed by atoms with E-state index in [9.17, 15) is 10.1 Å². The molecule has 0 radical (unpaired) electrons. The summed E-state index contributed by atoms with van der Waals surface area (Å²) in [7, 11) is 4.71. The van der Waals surface area contributed by atoms with Crippen LogP contribution in [0.4, 0.5) is 5.69 Å². The van der Waals surface area contributed by atoms with Gasteiger partial charge in [0.2, 0.25) is 5.91 Å². The maximum absolute atomic E-state index is 13.2. The molecular formula is C31H29N3O4S. The summed E-state index contributed by atoms with van der Waals surface area (Å²) in [4.78, 5) is 18.1. The molecule has 0 aliphatic heterocycles. The topological polar surface area (TPSA) is 93.5 Å². The second kappa shape index (κ2) is 12.4. The number of aromatic nitrogens is 1. The monoisotopic (exact) mass is 539 g/mol. The molecule has 0 bridgehead atoms. The van der Waals surface area contributed by atoms with Gasteiger partial charge in [-0.05, 0) is 61.9 Å². The number of carbonyl (C=O) groups is 1. The van der Waals surface area contributed by atoms with Gasteiger partial charge < -0.3 is 19.5 Å². The highest BCUT2D eigenvalue weighted by Gasteiger charge is 2.22. The van der Waals surface area contributed by atoms with E-state index >= 15 is 0 Å². The van der Waals surface area contributed by atoms with Gasteiger partial charge in [-0.3, -0.25) is 4.79 Å². The Morgan fingerprint density at radius 1 is 0.897 bits per heavy atom. The summed E-state index contributed by atoms with van der Waals surface area (Å²) in [6, 6.07) is 25.0. The van der Waals surface area contributed by atoms with Crippen molar-refractivity contribution in [1.29, 1.82) is 5.26 Å². The van der Waals surface area contributed by atoms with Gasteiger partial charge in [-0.25, -0.2) is 4.98 Å². The Morgan fingerprint density at radius 2 is 1.54 bits per heavy atom. The van der Waals surface area contributed by atoms with Crippen molar-refractivity contribution >= 4 is 23.4 Å². The number of pyridine rings is 1. The number of nitrogens with zero attached hydrogens (tertiary/aromatic N) is 2. The molecule has 0 aliphatic rings. The summed E-state index contributed by atoms with van der Waals surface area (Å²) in [6.45, 7) is 3.80. The van der Waals surface area contributed by atoms with Gasteiger partial charge in [0.1, 0.15) is 28.3 Å². The van der Waals surface area contributed by atoms with Crippen LogP contribution in [0.2, 0.25) is 0 Å². The average molecular weight is 540 g/mol. The average Bonchev–Trinajstić information content (AvgIpc) is 2.97. The van der Waals surface area contributed by atoms with Gasteiger partial charge in [-0.1, -0.05) is 41.6 Å².